The summed E-state index contributed by atoms with van der Waals surface area (Å²) in [4.78, 5) is 13.7. The minimum Gasteiger partial charge on any atom is -0.545 e. The van der Waals surface area contributed by atoms with Crippen LogP contribution in [0.25, 0.3) is 17.7 Å². The fourth-order valence-corrected chi connectivity index (χ4v) is 3.76. The summed E-state index contributed by atoms with van der Waals surface area (Å²) in [6.07, 6.45) is 6.22. The van der Waals surface area contributed by atoms with Gasteiger partial charge in [0.15, 0.2) is 0 Å². The number of hydrogen-bond acceptors (Lipinski definition) is 3. The summed E-state index contributed by atoms with van der Waals surface area (Å²) in [5.41, 5.74) is 7.27. The van der Waals surface area contributed by atoms with Gasteiger partial charge in [-0.1, -0.05) is 54.1 Å². The maximum absolute atomic E-state index is 11.4. The van der Waals surface area contributed by atoms with Crippen LogP contribution >= 0.6 is 0 Å². The molecule has 1 heterocycles. The lowest BCUT2D eigenvalue weighted by Gasteiger charge is -2.27. The van der Waals surface area contributed by atoms with E-state index in [9.17, 15) is 9.90 Å². The van der Waals surface area contributed by atoms with Crippen molar-refractivity contribution in [3.05, 3.63) is 75.9 Å². The third-order valence-corrected chi connectivity index (χ3v) is 5.18. The SMILES string of the molecule is CN1CCC(=C2c3ccccc3C=Cc3ccc(C(=O)[O-])cc32)CC1. The van der Waals surface area contributed by atoms with Crippen LogP contribution in [0.15, 0.2) is 48.0 Å². The predicted octanol–water partition coefficient (Wildman–Crippen LogP) is 3.06. The van der Waals surface area contributed by atoms with E-state index in [1.807, 2.05) is 12.1 Å². The predicted molar refractivity (Wildman–Crippen MR) is 98.9 cm³/mol. The number of hydrogen-bond donors (Lipinski definition) is 0. The molecule has 0 spiro atoms. The smallest absolute Gasteiger partial charge is 0.0715 e. The van der Waals surface area contributed by atoms with Gasteiger partial charge in [-0.25, -0.2) is 0 Å². The Morgan fingerprint density at radius 3 is 2.36 bits per heavy atom. The molecule has 0 amide bonds. The molecule has 0 bridgehead atoms. The first-order chi connectivity index (χ1) is 12.1. The number of nitrogens with zero attached hydrogens (tertiary/aromatic N) is 1. The summed E-state index contributed by atoms with van der Waals surface area (Å²) >= 11 is 0. The number of fused-ring (bicyclic) bond motifs is 2. The maximum Gasteiger partial charge on any atom is 0.0715 e. The molecule has 1 aliphatic carbocycles. The summed E-state index contributed by atoms with van der Waals surface area (Å²) in [5.74, 6) is -1.13. The van der Waals surface area contributed by atoms with E-state index >= 15 is 0 Å². The quantitative estimate of drug-likeness (QED) is 0.689. The minimum atomic E-state index is -1.13. The highest BCUT2D eigenvalue weighted by Gasteiger charge is 2.21. The average molecular weight is 330 g/mol. The molecule has 1 saturated heterocycles. The molecule has 0 unspecified atom stereocenters. The van der Waals surface area contributed by atoms with Crippen LogP contribution in [0.1, 0.15) is 45.5 Å². The largest absolute Gasteiger partial charge is 0.545 e. The van der Waals surface area contributed by atoms with Crippen molar-refractivity contribution in [1.29, 1.82) is 0 Å². The van der Waals surface area contributed by atoms with Gasteiger partial charge >= 0.3 is 0 Å². The number of rotatable bonds is 1. The normalized spacial score (nSPS) is 17.0. The standard InChI is InChI=1S/C22H21NO2/c1-23-12-10-17(11-13-23)21-19-5-3-2-4-15(19)6-7-16-8-9-18(22(24)25)14-20(16)21/h2-9,14H,10-13H2,1H3,(H,24,25)/p-1. The van der Waals surface area contributed by atoms with Gasteiger partial charge in [0.2, 0.25) is 0 Å². The second-order valence-electron chi connectivity index (χ2n) is 6.79. The minimum absolute atomic E-state index is 0.234. The van der Waals surface area contributed by atoms with Gasteiger partial charge in [0, 0.05) is 13.1 Å². The Balaban J connectivity index is 1.98. The van der Waals surface area contributed by atoms with E-state index in [1.54, 1.807) is 12.1 Å². The summed E-state index contributed by atoms with van der Waals surface area (Å²) in [6, 6.07) is 13.6. The molecule has 4 rings (SSSR count). The molecule has 0 N–H and O–H groups in total. The van der Waals surface area contributed by atoms with Crippen molar-refractivity contribution in [3.63, 3.8) is 0 Å². The number of aromatic carboxylic acids is 1. The lowest BCUT2D eigenvalue weighted by atomic mass is 9.85. The molecule has 25 heavy (non-hydrogen) atoms. The van der Waals surface area contributed by atoms with Gasteiger partial charge in [-0.05, 0) is 59.3 Å². The van der Waals surface area contributed by atoms with Crippen LogP contribution in [-0.4, -0.2) is 31.0 Å². The zero-order valence-electron chi connectivity index (χ0n) is 14.3. The highest BCUT2D eigenvalue weighted by atomic mass is 16.4. The molecule has 0 aromatic heterocycles. The maximum atomic E-state index is 11.4. The Morgan fingerprint density at radius 1 is 0.960 bits per heavy atom. The van der Waals surface area contributed by atoms with Crippen LogP contribution in [0.3, 0.4) is 0 Å². The molecule has 0 radical (unpaired) electrons. The summed E-state index contributed by atoms with van der Waals surface area (Å²) in [5, 5.41) is 11.4. The molecule has 2 aliphatic rings. The second-order valence-corrected chi connectivity index (χ2v) is 6.79. The van der Waals surface area contributed by atoms with Crippen LogP contribution in [0, 0.1) is 0 Å². The summed E-state index contributed by atoms with van der Waals surface area (Å²) in [6.45, 7) is 2.06. The van der Waals surface area contributed by atoms with E-state index in [2.05, 4.69) is 42.3 Å². The van der Waals surface area contributed by atoms with Gasteiger partial charge in [-0.15, -0.1) is 0 Å². The number of benzene rings is 2. The third kappa shape index (κ3) is 2.92. The van der Waals surface area contributed by atoms with Crippen molar-refractivity contribution in [2.75, 3.05) is 20.1 Å². The first kappa shape index (κ1) is 15.9. The van der Waals surface area contributed by atoms with E-state index in [4.69, 9.17) is 0 Å². The monoisotopic (exact) mass is 330 g/mol. The van der Waals surface area contributed by atoms with E-state index in [0.29, 0.717) is 0 Å². The van der Waals surface area contributed by atoms with Crippen LogP contribution in [-0.2, 0) is 0 Å². The first-order valence-electron chi connectivity index (χ1n) is 8.67. The molecule has 1 fully saturated rings. The van der Waals surface area contributed by atoms with E-state index in [1.165, 1.54) is 22.3 Å². The van der Waals surface area contributed by atoms with E-state index < -0.39 is 5.97 Å². The molecule has 2 aromatic rings. The highest BCUT2D eigenvalue weighted by molar-refractivity contribution is 5.97. The Labute approximate surface area is 147 Å². The number of likely N-dealkylation sites (tertiary alicyclic amines) is 1. The van der Waals surface area contributed by atoms with Gasteiger partial charge in [-0.3, -0.25) is 0 Å². The van der Waals surface area contributed by atoms with Crippen molar-refractivity contribution in [3.8, 4) is 0 Å². The Kier molecular flexibility index (Phi) is 4.02. The Hall–Kier alpha value is -2.65. The Morgan fingerprint density at radius 2 is 1.64 bits per heavy atom. The highest BCUT2D eigenvalue weighted by Crippen LogP contribution is 2.39. The molecule has 3 heteroatoms. The lowest BCUT2D eigenvalue weighted by molar-refractivity contribution is -0.255. The average Bonchev–Trinajstić information content (AvgIpc) is 2.79. The first-order valence-corrected chi connectivity index (χ1v) is 8.67. The van der Waals surface area contributed by atoms with Crippen molar-refractivity contribution in [2.45, 2.75) is 12.8 Å². The summed E-state index contributed by atoms with van der Waals surface area (Å²) < 4.78 is 0. The fourth-order valence-electron chi connectivity index (χ4n) is 3.76. The molecular weight excluding hydrogens is 310 g/mol. The van der Waals surface area contributed by atoms with Crippen molar-refractivity contribution in [2.24, 2.45) is 0 Å². The van der Waals surface area contributed by atoms with Crippen LogP contribution < -0.4 is 5.11 Å². The number of carbonyl (C=O) groups excluding carboxylic acids is 1. The van der Waals surface area contributed by atoms with Gasteiger partial charge in [0.05, 0.1) is 5.97 Å². The van der Waals surface area contributed by atoms with E-state index in [0.717, 1.165) is 37.1 Å². The van der Waals surface area contributed by atoms with Gasteiger partial charge in [-0.2, -0.15) is 0 Å². The summed E-state index contributed by atoms with van der Waals surface area (Å²) in [7, 11) is 2.15. The Bertz CT molecular complexity index is 898. The zero-order chi connectivity index (χ0) is 17.4. The van der Waals surface area contributed by atoms with Crippen LogP contribution in [0.5, 0.6) is 0 Å². The fraction of sp³-hybridized carbons (Fsp3) is 0.227. The van der Waals surface area contributed by atoms with Crippen molar-refractivity contribution >= 4 is 23.7 Å². The molecule has 0 atom stereocenters. The third-order valence-electron chi connectivity index (χ3n) is 5.18. The second kappa shape index (κ2) is 6.34. The van der Waals surface area contributed by atoms with Gasteiger partial charge in [0.25, 0.3) is 0 Å². The lowest BCUT2D eigenvalue weighted by Crippen LogP contribution is -2.27. The number of carbonyl (C=O) groups is 1. The molecule has 2 aromatic carbocycles. The zero-order valence-corrected chi connectivity index (χ0v) is 14.3. The van der Waals surface area contributed by atoms with Crippen molar-refractivity contribution in [1.82, 2.24) is 4.90 Å². The van der Waals surface area contributed by atoms with Gasteiger partial charge in [0.1, 0.15) is 0 Å². The number of piperidine rings is 1. The van der Waals surface area contributed by atoms with E-state index in [-0.39, 0.29) is 5.56 Å². The molecule has 126 valence electrons. The van der Waals surface area contributed by atoms with Crippen LogP contribution in [0.2, 0.25) is 0 Å². The van der Waals surface area contributed by atoms with Gasteiger partial charge < -0.3 is 14.8 Å². The molecule has 3 nitrogen and oxygen atoms in total. The van der Waals surface area contributed by atoms with Crippen LogP contribution in [0.4, 0.5) is 0 Å². The number of carboxylic acid groups (broad SMARTS) is 1. The molecular formula is C22H20NO2-. The topological polar surface area (TPSA) is 43.4 Å². The number of carboxylic acids is 1. The van der Waals surface area contributed by atoms with Crippen molar-refractivity contribution < 1.29 is 9.90 Å². The molecule has 0 saturated carbocycles. The molecule has 1 aliphatic heterocycles.